The van der Waals surface area contributed by atoms with Crippen LogP contribution in [0.2, 0.25) is 0 Å². The zero-order valence-electron chi connectivity index (χ0n) is 13.2. The Morgan fingerprint density at radius 2 is 2.04 bits per heavy atom. The number of aryl methyl sites for hydroxylation is 1. The molecular formula is C16H22N2O4S. The molecular weight excluding hydrogens is 316 g/mol. The molecule has 6 nitrogen and oxygen atoms in total. The number of piperidine rings is 1. The van der Waals surface area contributed by atoms with Gasteiger partial charge in [-0.15, -0.1) is 0 Å². The number of carbonyl (C=O) groups is 1. The lowest BCUT2D eigenvalue weighted by Gasteiger charge is -2.32. The van der Waals surface area contributed by atoms with Gasteiger partial charge in [-0.2, -0.15) is 0 Å². The van der Waals surface area contributed by atoms with Crippen LogP contribution in [0.3, 0.4) is 0 Å². The van der Waals surface area contributed by atoms with E-state index in [4.69, 9.17) is 0 Å². The van der Waals surface area contributed by atoms with Gasteiger partial charge in [0, 0.05) is 25.2 Å². The topological polar surface area (TPSA) is 77.9 Å². The second-order valence-corrected chi connectivity index (χ2v) is 8.24. The number of likely N-dealkylation sites (tertiary alicyclic amines) is 1. The number of benzene rings is 1. The largest absolute Gasteiger partial charge is 0.391 e. The van der Waals surface area contributed by atoms with Crippen LogP contribution in [0.5, 0.6) is 0 Å². The average Bonchev–Trinajstić information content (AvgIpc) is 2.52. The number of aliphatic hydroxyl groups is 1. The van der Waals surface area contributed by atoms with Crippen molar-refractivity contribution in [3.63, 3.8) is 0 Å². The summed E-state index contributed by atoms with van der Waals surface area (Å²) in [5, 5.41) is 9.72. The van der Waals surface area contributed by atoms with Crippen LogP contribution >= 0.6 is 0 Å². The molecule has 1 aromatic rings. The van der Waals surface area contributed by atoms with Crippen molar-refractivity contribution >= 4 is 21.6 Å². The van der Waals surface area contributed by atoms with Crippen LogP contribution in [0.25, 0.3) is 0 Å². The van der Waals surface area contributed by atoms with Crippen molar-refractivity contribution < 1.29 is 18.3 Å². The number of hydrogen-bond donors (Lipinski definition) is 1. The first-order valence-electron chi connectivity index (χ1n) is 7.94. The third-order valence-electron chi connectivity index (χ3n) is 4.49. The van der Waals surface area contributed by atoms with E-state index in [2.05, 4.69) is 0 Å². The fourth-order valence-corrected chi connectivity index (χ4v) is 4.36. The minimum Gasteiger partial charge on any atom is -0.391 e. The van der Waals surface area contributed by atoms with Crippen molar-refractivity contribution in [2.75, 3.05) is 30.2 Å². The fraction of sp³-hybridized carbons (Fsp3) is 0.562. The Hall–Kier alpha value is -1.60. The van der Waals surface area contributed by atoms with E-state index in [0.29, 0.717) is 30.9 Å². The van der Waals surface area contributed by atoms with Crippen LogP contribution in [-0.2, 0) is 16.4 Å². The number of β-amino-alcohol motifs (C(OH)–C–C–N with tert-alkyl or cyclic N) is 1. The molecule has 2 heterocycles. The number of fused-ring (bicyclic) bond motifs is 1. The van der Waals surface area contributed by atoms with Crippen LogP contribution in [0.1, 0.15) is 35.2 Å². The smallest absolute Gasteiger partial charge is 0.253 e. The normalized spacial score (nSPS) is 21.9. The molecule has 2 aliphatic rings. The molecule has 1 aromatic carbocycles. The van der Waals surface area contributed by atoms with E-state index >= 15 is 0 Å². The van der Waals surface area contributed by atoms with Crippen LogP contribution in [0, 0.1) is 0 Å². The molecule has 3 rings (SSSR count). The van der Waals surface area contributed by atoms with Crippen molar-refractivity contribution in [2.24, 2.45) is 0 Å². The van der Waals surface area contributed by atoms with Crippen molar-refractivity contribution in [1.82, 2.24) is 4.90 Å². The van der Waals surface area contributed by atoms with E-state index in [1.54, 1.807) is 23.1 Å². The summed E-state index contributed by atoms with van der Waals surface area (Å²) in [6, 6.07) is 5.21. The van der Waals surface area contributed by atoms with Gasteiger partial charge in [-0.05, 0) is 49.4 Å². The summed E-state index contributed by atoms with van der Waals surface area (Å²) in [4.78, 5) is 14.3. The van der Waals surface area contributed by atoms with Crippen molar-refractivity contribution in [3.05, 3.63) is 29.3 Å². The lowest BCUT2D eigenvalue weighted by atomic mass is 9.99. The minimum absolute atomic E-state index is 0.0944. The zero-order chi connectivity index (χ0) is 16.6. The van der Waals surface area contributed by atoms with Gasteiger partial charge in [-0.1, -0.05) is 0 Å². The van der Waals surface area contributed by atoms with Gasteiger partial charge in [0.25, 0.3) is 5.91 Å². The summed E-state index contributed by atoms with van der Waals surface area (Å²) in [5.41, 5.74) is 2.13. The van der Waals surface area contributed by atoms with Crippen LogP contribution in [-0.4, -0.2) is 56.3 Å². The highest BCUT2D eigenvalue weighted by Crippen LogP contribution is 2.30. The monoisotopic (exact) mass is 338 g/mol. The molecule has 0 aliphatic carbocycles. The average molecular weight is 338 g/mol. The SMILES string of the molecule is CS(=O)(=O)N1CCCc2cc(C(=O)N3CCCC(O)C3)ccc21. The Morgan fingerprint density at radius 1 is 1.26 bits per heavy atom. The number of carbonyl (C=O) groups excluding carboxylic acids is 1. The third-order valence-corrected chi connectivity index (χ3v) is 5.67. The molecule has 0 bridgehead atoms. The van der Waals surface area contributed by atoms with Gasteiger partial charge in [-0.3, -0.25) is 9.10 Å². The van der Waals surface area contributed by atoms with Gasteiger partial charge in [0.15, 0.2) is 0 Å². The maximum atomic E-state index is 12.6. The standard InChI is InChI=1S/C16H22N2O4S/c1-23(21,22)18-9-2-4-12-10-13(6-7-15(12)18)16(20)17-8-3-5-14(19)11-17/h6-7,10,14,19H,2-5,8-9,11H2,1H3. The number of sulfonamides is 1. The second kappa shape index (κ2) is 6.13. The molecule has 1 unspecified atom stereocenters. The van der Waals surface area contributed by atoms with E-state index in [9.17, 15) is 18.3 Å². The lowest BCUT2D eigenvalue weighted by molar-refractivity contribution is 0.0473. The molecule has 0 saturated carbocycles. The molecule has 1 amide bonds. The first-order chi connectivity index (χ1) is 10.9. The van der Waals surface area contributed by atoms with Gasteiger partial charge in [0.05, 0.1) is 18.0 Å². The molecule has 23 heavy (non-hydrogen) atoms. The molecule has 1 N–H and O–H groups in total. The molecule has 2 aliphatic heterocycles. The zero-order valence-corrected chi connectivity index (χ0v) is 14.1. The molecule has 1 fully saturated rings. The Morgan fingerprint density at radius 3 is 2.74 bits per heavy atom. The minimum atomic E-state index is -3.30. The Balaban J connectivity index is 1.87. The van der Waals surface area contributed by atoms with Gasteiger partial charge in [0.2, 0.25) is 10.0 Å². The van der Waals surface area contributed by atoms with Crippen molar-refractivity contribution in [1.29, 1.82) is 0 Å². The molecule has 1 saturated heterocycles. The Labute approximate surface area is 136 Å². The van der Waals surface area contributed by atoms with Crippen molar-refractivity contribution in [3.8, 4) is 0 Å². The Bertz CT molecular complexity index is 717. The molecule has 0 aromatic heterocycles. The van der Waals surface area contributed by atoms with Crippen molar-refractivity contribution in [2.45, 2.75) is 31.8 Å². The molecule has 0 radical (unpaired) electrons. The van der Waals surface area contributed by atoms with E-state index in [0.717, 1.165) is 31.2 Å². The Kier molecular flexibility index (Phi) is 4.33. The summed E-state index contributed by atoms with van der Waals surface area (Å²) in [6.07, 6.45) is 3.81. The second-order valence-electron chi connectivity index (χ2n) is 6.33. The van der Waals surface area contributed by atoms with Crippen LogP contribution < -0.4 is 4.31 Å². The molecule has 126 valence electrons. The summed E-state index contributed by atoms with van der Waals surface area (Å²) in [7, 11) is -3.30. The highest BCUT2D eigenvalue weighted by molar-refractivity contribution is 7.92. The number of anilines is 1. The summed E-state index contributed by atoms with van der Waals surface area (Å²) in [5.74, 6) is -0.0944. The van der Waals surface area contributed by atoms with E-state index < -0.39 is 16.1 Å². The molecule has 0 spiro atoms. The number of hydrogen-bond acceptors (Lipinski definition) is 4. The highest BCUT2D eigenvalue weighted by Gasteiger charge is 2.27. The van der Waals surface area contributed by atoms with E-state index in [-0.39, 0.29) is 5.91 Å². The fourth-order valence-electron chi connectivity index (χ4n) is 3.36. The summed E-state index contributed by atoms with van der Waals surface area (Å²) in [6.45, 7) is 1.51. The first-order valence-corrected chi connectivity index (χ1v) is 9.79. The maximum Gasteiger partial charge on any atom is 0.253 e. The number of aliphatic hydroxyl groups excluding tert-OH is 1. The number of nitrogens with zero attached hydrogens (tertiary/aromatic N) is 2. The predicted octanol–water partition coefficient (Wildman–Crippen LogP) is 0.996. The summed E-state index contributed by atoms with van der Waals surface area (Å²) < 4.78 is 25.2. The van der Waals surface area contributed by atoms with Gasteiger partial charge >= 0.3 is 0 Å². The molecule has 1 atom stereocenters. The molecule has 7 heteroatoms. The van der Waals surface area contributed by atoms with Gasteiger partial charge < -0.3 is 10.0 Å². The predicted molar refractivity (Wildman–Crippen MR) is 88.1 cm³/mol. The summed E-state index contributed by atoms with van der Waals surface area (Å²) >= 11 is 0. The maximum absolute atomic E-state index is 12.6. The van der Waals surface area contributed by atoms with Gasteiger partial charge in [-0.25, -0.2) is 8.42 Å². The van der Waals surface area contributed by atoms with Crippen LogP contribution in [0.4, 0.5) is 5.69 Å². The third kappa shape index (κ3) is 3.35. The highest BCUT2D eigenvalue weighted by atomic mass is 32.2. The first kappa shape index (κ1) is 16.3. The number of amides is 1. The van der Waals surface area contributed by atoms with E-state index in [1.807, 2.05) is 0 Å². The van der Waals surface area contributed by atoms with Crippen LogP contribution in [0.15, 0.2) is 18.2 Å². The lowest BCUT2D eigenvalue weighted by Crippen LogP contribution is -2.42. The van der Waals surface area contributed by atoms with Gasteiger partial charge in [0.1, 0.15) is 0 Å². The van der Waals surface area contributed by atoms with E-state index in [1.165, 1.54) is 10.6 Å². The quantitative estimate of drug-likeness (QED) is 0.872. The number of rotatable bonds is 2.